The van der Waals surface area contributed by atoms with Gasteiger partial charge < -0.3 is 10.5 Å². The van der Waals surface area contributed by atoms with Gasteiger partial charge in [0.25, 0.3) is 0 Å². The van der Waals surface area contributed by atoms with Crippen molar-refractivity contribution in [2.45, 2.75) is 53.1 Å². The summed E-state index contributed by atoms with van der Waals surface area (Å²) in [5.41, 5.74) is 6.16. The van der Waals surface area contributed by atoms with Crippen molar-refractivity contribution in [2.75, 3.05) is 26.8 Å². The van der Waals surface area contributed by atoms with Crippen LogP contribution in [0, 0.1) is 5.41 Å². The molecule has 3 heteroatoms. The number of methoxy groups -OCH3 is 1. The Bertz CT molecular complexity index is 177. The Morgan fingerprint density at radius 1 is 1.31 bits per heavy atom. The van der Waals surface area contributed by atoms with Crippen molar-refractivity contribution < 1.29 is 4.74 Å². The molecule has 0 rings (SSSR count). The molecule has 0 aromatic heterocycles. The molecule has 98 valence electrons. The normalized spacial score (nSPS) is 16.5. The summed E-state index contributed by atoms with van der Waals surface area (Å²) < 4.78 is 5.19. The molecule has 0 saturated heterocycles. The molecule has 0 saturated carbocycles. The Morgan fingerprint density at radius 2 is 1.88 bits per heavy atom. The lowest BCUT2D eigenvalue weighted by Gasteiger charge is -2.42. The summed E-state index contributed by atoms with van der Waals surface area (Å²) >= 11 is 0. The third-order valence-corrected chi connectivity index (χ3v) is 3.33. The van der Waals surface area contributed by atoms with E-state index in [-0.39, 0.29) is 5.41 Å². The minimum atomic E-state index is 0.214. The van der Waals surface area contributed by atoms with E-state index in [0.717, 1.165) is 19.6 Å². The van der Waals surface area contributed by atoms with Crippen LogP contribution in [-0.2, 0) is 4.74 Å². The first-order valence-electron chi connectivity index (χ1n) is 6.33. The molecular weight excluding hydrogens is 200 g/mol. The zero-order chi connectivity index (χ0) is 12.8. The van der Waals surface area contributed by atoms with Gasteiger partial charge in [-0.3, -0.25) is 4.90 Å². The molecule has 0 aromatic rings. The first-order chi connectivity index (χ1) is 7.38. The Hall–Kier alpha value is -0.120. The van der Waals surface area contributed by atoms with Crippen molar-refractivity contribution in [1.82, 2.24) is 4.90 Å². The number of hydrogen-bond donors (Lipinski definition) is 1. The summed E-state index contributed by atoms with van der Waals surface area (Å²) in [5, 5.41) is 0. The predicted octanol–water partition coefficient (Wildman–Crippen LogP) is 2.11. The molecule has 0 aromatic carbocycles. The van der Waals surface area contributed by atoms with Crippen LogP contribution in [0.15, 0.2) is 0 Å². The fourth-order valence-electron chi connectivity index (χ4n) is 2.10. The lowest BCUT2D eigenvalue weighted by molar-refractivity contribution is 0.0419. The molecule has 16 heavy (non-hydrogen) atoms. The maximum atomic E-state index is 5.94. The van der Waals surface area contributed by atoms with Crippen molar-refractivity contribution in [3.05, 3.63) is 0 Å². The third kappa shape index (κ3) is 4.81. The molecule has 0 aliphatic rings. The van der Waals surface area contributed by atoms with Gasteiger partial charge in [0.15, 0.2) is 0 Å². The Morgan fingerprint density at radius 3 is 2.19 bits per heavy atom. The van der Waals surface area contributed by atoms with Crippen LogP contribution in [0.3, 0.4) is 0 Å². The quantitative estimate of drug-likeness (QED) is 0.728. The highest BCUT2D eigenvalue weighted by Crippen LogP contribution is 2.25. The van der Waals surface area contributed by atoms with E-state index in [1.54, 1.807) is 7.11 Å². The first-order valence-corrected chi connectivity index (χ1v) is 6.33. The van der Waals surface area contributed by atoms with Gasteiger partial charge in [-0.2, -0.15) is 0 Å². The van der Waals surface area contributed by atoms with E-state index in [0.29, 0.717) is 18.6 Å². The predicted molar refractivity (Wildman–Crippen MR) is 70.6 cm³/mol. The Labute approximate surface area is 101 Å². The third-order valence-electron chi connectivity index (χ3n) is 3.33. The minimum absolute atomic E-state index is 0.214. The van der Waals surface area contributed by atoms with E-state index in [4.69, 9.17) is 10.5 Å². The first kappa shape index (κ1) is 15.9. The molecule has 0 aliphatic carbocycles. The molecule has 2 N–H and O–H groups in total. The maximum Gasteiger partial charge on any atom is 0.0589 e. The van der Waals surface area contributed by atoms with Crippen LogP contribution in [0.5, 0.6) is 0 Å². The van der Waals surface area contributed by atoms with Crippen molar-refractivity contribution in [2.24, 2.45) is 11.1 Å². The summed E-state index contributed by atoms with van der Waals surface area (Å²) in [4.78, 5) is 2.49. The molecule has 0 heterocycles. The van der Waals surface area contributed by atoms with Gasteiger partial charge in [-0.05, 0) is 18.8 Å². The second kappa shape index (κ2) is 7.25. The highest BCUT2D eigenvalue weighted by molar-refractivity contribution is 4.86. The van der Waals surface area contributed by atoms with Gasteiger partial charge in [0, 0.05) is 32.3 Å². The summed E-state index contributed by atoms with van der Waals surface area (Å²) in [7, 11) is 1.75. The van der Waals surface area contributed by atoms with E-state index in [9.17, 15) is 0 Å². The van der Waals surface area contributed by atoms with Crippen LogP contribution >= 0.6 is 0 Å². The van der Waals surface area contributed by atoms with E-state index in [1.807, 2.05) is 0 Å². The second-order valence-corrected chi connectivity index (χ2v) is 5.61. The molecule has 0 radical (unpaired) electrons. The maximum absolute atomic E-state index is 5.94. The minimum Gasteiger partial charge on any atom is -0.383 e. The van der Waals surface area contributed by atoms with Crippen molar-refractivity contribution in [1.29, 1.82) is 0 Å². The number of ether oxygens (including phenoxy) is 1. The topological polar surface area (TPSA) is 38.5 Å². The largest absolute Gasteiger partial charge is 0.383 e. The van der Waals surface area contributed by atoms with Crippen LogP contribution in [0.4, 0.5) is 0 Å². The highest BCUT2D eigenvalue weighted by Gasteiger charge is 2.31. The zero-order valence-electron chi connectivity index (χ0n) is 11.9. The molecule has 0 bridgehead atoms. The molecule has 2 unspecified atom stereocenters. The van der Waals surface area contributed by atoms with Gasteiger partial charge >= 0.3 is 0 Å². The van der Waals surface area contributed by atoms with Gasteiger partial charge in [0.2, 0.25) is 0 Å². The average Bonchev–Trinajstić information content (AvgIpc) is 2.21. The number of hydrogen-bond acceptors (Lipinski definition) is 3. The van der Waals surface area contributed by atoms with Crippen molar-refractivity contribution >= 4 is 0 Å². The number of nitrogens with zero attached hydrogens (tertiary/aromatic N) is 1. The molecular formula is C13H30N2O. The van der Waals surface area contributed by atoms with Gasteiger partial charge in [-0.1, -0.05) is 27.7 Å². The molecule has 0 spiro atoms. The lowest BCUT2D eigenvalue weighted by Crippen LogP contribution is -2.53. The van der Waals surface area contributed by atoms with E-state index < -0.39 is 0 Å². The van der Waals surface area contributed by atoms with Crippen LogP contribution in [-0.4, -0.2) is 43.8 Å². The van der Waals surface area contributed by atoms with Crippen LogP contribution in [0.25, 0.3) is 0 Å². The SMILES string of the molecule is CCC(C)N(CCOC)C(CN)C(C)(C)C. The fraction of sp³-hybridized carbons (Fsp3) is 1.00. The molecule has 0 amide bonds. The van der Waals surface area contributed by atoms with E-state index in [1.165, 1.54) is 0 Å². The fourth-order valence-corrected chi connectivity index (χ4v) is 2.10. The lowest BCUT2D eigenvalue weighted by atomic mass is 9.84. The molecule has 0 aliphatic heterocycles. The van der Waals surface area contributed by atoms with E-state index in [2.05, 4.69) is 39.5 Å². The number of rotatable bonds is 7. The molecule has 3 nitrogen and oxygen atoms in total. The van der Waals surface area contributed by atoms with Crippen LogP contribution < -0.4 is 5.73 Å². The monoisotopic (exact) mass is 230 g/mol. The van der Waals surface area contributed by atoms with Gasteiger partial charge in [-0.25, -0.2) is 0 Å². The van der Waals surface area contributed by atoms with Gasteiger partial charge in [0.1, 0.15) is 0 Å². The second-order valence-electron chi connectivity index (χ2n) is 5.61. The molecule has 2 atom stereocenters. The van der Waals surface area contributed by atoms with E-state index >= 15 is 0 Å². The summed E-state index contributed by atoms with van der Waals surface area (Å²) in [6.45, 7) is 13.7. The molecule has 0 fully saturated rings. The van der Waals surface area contributed by atoms with Gasteiger partial charge in [0.05, 0.1) is 6.61 Å². The number of nitrogens with two attached hydrogens (primary N) is 1. The standard InChI is InChI=1S/C13H30N2O/c1-7-11(2)15(8-9-16-6)12(10-14)13(3,4)5/h11-12H,7-10,14H2,1-6H3. The smallest absolute Gasteiger partial charge is 0.0589 e. The zero-order valence-corrected chi connectivity index (χ0v) is 11.9. The summed E-state index contributed by atoms with van der Waals surface area (Å²) in [6, 6.07) is 0.973. The van der Waals surface area contributed by atoms with Gasteiger partial charge in [-0.15, -0.1) is 0 Å². The van der Waals surface area contributed by atoms with Crippen LogP contribution in [0.2, 0.25) is 0 Å². The average molecular weight is 230 g/mol. The highest BCUT2D eigenvalue weighted by atomic mass is 16.5. The van der Waals surface area contributed by atoms with Crippen molar-refractivity contribution in [3.63, 3.8) is 0 Å². The summed E-state index contributed by atoms with van der Waals surface area (Å²) in [6.07, 6.45) is 1.15. The van der Waals surface area contributed by atoms with Crippen LogP contribution in [0.1, 0.15) is 41.0 Å². The van der Waals surface area contributed by atoms with Crippen molar-refractivity contribution in [3.8, 4) is 0 Å². The Balaban J connectivity index is 4.69. The summed E-state index contributed by atoms with van der Waals surface area (Å²) in [5.74, 6) is 0. The Kier molecular flexibility index (Phi) is 7.20.